The Balaban J connectivity index is 1.97. The van der Waals surface area contributed by atoms with Crippen LogP contribution in [-0.2, 0) is 6.42 Å². The maximum Gasteiger partial charge on any atom is 0.0415 e. The maximum atomic E-state index is 3.40. The molecule has 90 valence electrons. The molecule has 1 atom stereocenters. The van der Waals surface area contributed by atoms with Gasteiger partial charge in [0.15, 0.2) is 0 Å². The number of benzene rings is 1. The molecule has 0 amide bonds. The largest absolute Gasteiger partial charge is 0.312 e. The van der Waals surface area contributed by atoms with Crippen LogP contribution in [0.5, 0.6) is 0 Å². The molecule has 2 rings (SSSR count). The molecule has 0 radical (unpaired) electrons. The van der Waals surface area contributed by atoms with Gasteiger partial charge in [0, 0.05) is 10.9 Å². The van der Waals surface area contributed by atoms with Gasteiger partial charge in [0.1, 0.15) is 0 Å². The van der Waals surface area contributed by atoms with Gasteiger partial charge in [-0.05, 0) is 43.8 Å². The summed E-state index contributed by atoms with van der Waals surface area (Å²) in [5.41, 5.74) is 2.78. The average molecular weight is 245 g/mol. The lowest BCUT2D eigenvalue weighted by Crippen LogP contribution is -2.15. The van der Waals surface area contributed by atoms with Gasteiger partial charge in [-0.15, -0.1) is 11.3 Å². The van der Waals surface area contributed by atoms with Crippen LogP contribution in [0.2, 0.25) is 0 Å². The van der Waals surface area contributed by atoms with Crippen molar-refractivity contribution in [2.45, 2.75) is 25.8 Å². The second-order valence-electron chi connectivity index (χ2n) is 4.38. The van der Waals surface area contributed by atoms with E-state index in [1.807, 2.05) is 18.4 Å². The third kappa shape index (κ3) is 3.42. The van der Waals surface area contributed by atoms with E-state index in [4.69, 9.17) is 0 Å². The number of rotatable bonds is 5. The highest BCUT2D eigenvalue weighted by Crippen LogP contribution is 2.23. The summed E-state index contributed by atoms with van der Waals surface area (Å²) in [6.07, 6.45) is 2.28. The third-order valence-corrected chi connectivity index (χ3v) is 4.03. The fourth-order valence-corrected chi connectivity index (χ4v) is 2.97. The van der Waals surface area contributed by atoms with Crippen molar-refractivity contribution in [1.29, 1.82) is 0 Å². The lowest BCUT2D eigenvalue weighted by molar-refractivity contribution is 0.558. The Morgan fingerprint density at radius 2 is 2.12 bits per heavy atom. The summed E-state index contributed by atoms with van der Waals surface area (Å²) in [7, 11) is 2.04. The van der Waals surface area contributed by atoms with E-state index >= 15 is 0 Å². The van der Waals surface area contributed by atoms with Crippen LogP contribution < -0.4 is 5.32 Å². The van der Waals surface area contributed by atoms with Gasteiger partial charge in [0.25, 0.3) is 0 Å². The van der Waals surface area contributed by atoms with Crippen LogP contribution in [0.3, 0.4) is 0 Å². The molecule has 0 saturated carbocycles. The Labute approximate surface area is 108 Å². The first-order valence-electron chi connectivity index (χ1n) is 6.06. The molecule has 0 aliphatic rings. The van der Waals surface area contributed by atoms with Crippen molar-refractivity contribution >= 4 is 11.3 Å². The van der Waals surface area contributed by atoms with E-state index < -0.39 is 0 Å². The van der Waals surface area contributed by atoms with Crippen molar-refractivity contribution in [1.82, 2.24) is 5.32 Å². The van der Waals surface area contributed by atoms with Crippen molar-refractivity contribution in [3.63, 3.8) is 0 Å². The predicted octanol–water partition coefficient (Wildman–Crippen LogP) is 3.95. The van der Waals surface area contributed by atoms with Crippen molar-refractivity contribution in [2.24, 2.45) is 0 Å². The normalized spacial score (nSPS) is 12.6. The fourth-order valence-electron chi connectivity index (χ4n) is 2.10. The fraction of sp³-hybridized carbons (Fsp3) is 0.333. The molecule has 1 N–H and O–H groups in total. The molecule has 0 fully saturated rings. The topological polar surface area (TPSA) is 12.0 Å². The zero-order chi connectivity index (χ0) is 12.1. The van der Waals surface area contributed by atoms with Crippen molar-refractivity contribution in [3.05, 3.63) is 57.8 Å². The highest BCUT2D eigenvalue weighted by atomic mass is 32.1. The van der Waals surface area contributed by atoms with Gasteiger partial charge in [-0.1, -0.05) is 35.9 Å². The summed E-state index contributed by atoms with van der Waals surface area (Å²) in [6, 6.07) is 13.6. The minimum Gasteiger partial charge on any atom is -0.312 e. The number of thiophene rings is 1. The monoisotopic (exact) mass is 245 g/mol. The highest BCUT2D eigenvalue weighted by molar-refractivity contribution is 7.10. The highest BCUT2D eigenvalue weighted by Gasteiger charge is 2.09. The van der Waals surface area contributed by atoms with Crippen LogP contribution in [0.4, 0.5) is 0 Å². The first kappa shape index (κ1) is 12.3. The molecule has 1 aromatic heterocycles. The molecule has 1 aromatic carbocycles. The molecule has 0 aliphatic heterocycles. The lowest BCUT2D eigenvalue weighted by atomic mass is 10.0. The quantitative estimate of drug-likeness (QED) is 0.841. The first-order chi connectivity index (χ1) is 8.29. The van der Waals surface area contributed by atoms with Crippen LogP contribution in [0.25, 0.3) is 0 Å². The van der Waals surface area contributed by atoms with Crippen molar-refractivity contribution in [2.75, 3.05) is 7.05 Å². The summed E-state index contributed by atoms with van der Waals surface area (Å²) >= 11 is 1.83. The second kappa shape index (κ2) is 5.99. The van der Waals surface area contributed by atoms with Gasteiger partial charge in [-0.25, -0.2) is 0 Å². The Morgan fingerprint density at radius 1 is 1.24 bits per heavy atom. The second-order valence-corrected chi connectivity index (χ2v) is 5.36. The Morgan fingerprint density at radius 3 is 2.76 bits per heavy atom. The SMILES string of the molecule is CNC(CCc1cccc(C)c1)c1cccs1. The molecule has 0 bridgehead atoms. The Hall–Kier alpha value is -1.12. The molecular weight excluding hydrogens is 226 g/mol. The van der Waals surface area contributed by atoms with Crippen LogP contribution >= 0.6 is 11.3 Å². The van der Waals surface area contributed by atoms with E-state index in [9.17, 15) is 0 Å². The predicted molar refractivity (Wildman–Crippen MR) is 75.6 cm³/mol. The van der Waals surface area contributed by atoms with Crippen LogP contribution in [0.15, 0.2) is 41.8 Å². The Bertz CT molecular complexity index is 448. The summed E-state index contributed by atoms with van der Waals surface area (Å²) in [4.78, 5) is 1.43. The minimum absolute atomic E-state index is 0.482. The van der Waals surface area contributed by atoms with E-state index in [-0.39, 0.29) is 0 Å². The maximum absolute atomic E-state index is 3.40. The smallest absolute Gasteiger partial charge is 0.0415 e. The van der Waals surface area contributed by atoms with Gasteiger partial charge >= 0.3 is 0 Å². The number of aryl methyl sites for hydroxylation is 2. The van der Waals surface area contributed by atoms with E-state index in [1.54, 1.807) is 0 Å². The van der Waals surface area contributed by atoms with Gasteiger partial charge in [-0.2, -0.15) is 0 Å². The number of hydrogen-bond acceptors (Lipinski definition) is 2. The molecule has 2 aromatic rings. The molecule has 17 heavy (non-hydrogen) atoms. The molecule has 1 heterocycles. The molecule has 0 spiro atoms. The van der Waals surface area contributed by atoms with E-state index in [2.05, 4.69) is 54.0 Å². The molecule has 1 nitrogen and oxygen atoms in total. The Kier molecular flexibility index (Phi) is 4.35. The average Bonchev–Trinajstić information content (AvgIpc) is 2.84. The van der Waals surface area contributed by atoms with Crippen LogP contribution in [0.1, 0.15) is 28.5 Å². The van der Waals surface area contributed by atoms with Crippen LogP contribution in [0, 0.1) is 6.92 Å². The molecular formula is C15H19NS. The van der Waals surface area contributed by atoms with Gasteiger partial charge < -0.3 is 5.32 Å². The summed E-state index contributed by atoms with van der Waals surface area (Å²) < 4.78 is 0. The first-order valence-corrected chi connectivity index (χ1v) is 6.94. The summed E-state index contributed by atoms with van der Waals surface area (Å²) in [6.45, 7) is 2.15. The summed E-state index contributed by atoms with van der Waals surface area (Å²) in [5, 5.41) is 5.54. The molecule has 1 unspecified atom stereocenters. The van der Waals surface area contributed by atoms with Crippen molar-refractivity contribution in [3.8, 4) is 0 Å². The number of hydrogen-bond donors (Lipinski definition) is 1. The number of nitrogens with one attached hydrogen (secondary N) is 1. The standard InChI is InChI=1S/C15H19NS/c1-12-5-3-6-13(11-12)8-9-14(16-2)15-7-4-10-17-15/h3-7,10-11,14,16H,8-9H2,1-2H3. The van der Waals surface area contributed by atoms with E-state index in [0.717, 1.165) is 12.8 Å². The van der Waals surface area contributed by atoms with Gasteiger partial charge in [0.2, 0.25) is 0 Å². The molecule has 2 heteroatoms. The van der Waals surface area contributed by atoms with Gasteiger partial charge in [0.05, 0.1) is 0 Å². The van der Waals surface area contributed by atoms with E-state index in [0.29, 0.717) is 6.04 Å². The van der Waals surface area contributed by atoms with Crippen molar-refractivity contribution < 1.29 is 0 Å². The lowest BCUT2D eigenvalue weighted by Gasteiger charge is -2.14. The van der Waals surface area contributed by atoms with Crippen LogP contribution in [-0.4, -0.2) is 7.05 Å². The third-order valence-electron chi connectivity index (χ3n) is 3.04. The summed E-state index contributed by atoms with van der Waals surface area (Å²) in [5.74, 6) is 0. The molecule has 0 saturated heterocycles. The van der Waals surface area contributed by atoms with Gasteiger partial charge in [-0.3, -0.25) is 0 Å². The zero-order valence-electron chi connectivity index (χ0n) is 10.4. The minimum atomic E-state index is 0.482. The zero-order valence-corrected chi connectivity index (χ0v) is 11.3. The molecule has 0 aliphatic carbocycles. The van der Waals surface area contributed by atoms with E-state index in [1.165, 1.54) is 16.0 Å².